The lowest BCUT2D eigenvalue weighted by Gasteiger charge is -2.21. The minimum Gasteiger partial charge on any atom is -0.483 e. The van der Waals surface area contributed by atoms with Gasteiger partial charge in [0, 0.05) is 0 Å². The third-order valence-electron chi connectivity index (χ3n) is 3.39. The van der Waals surface area contributed by atoms with Crippen molar-refractivity contribution in [2.45, 2.75) is 26.3 Å². The maximum Gasteiger partial charge on any atom is 0.328 e. The number of aldehydes is 1. The van der Waals surface area contributed by atoms with E-state index in [9.17, 15) is 14.4 Å². The van der Waals surface area contributed by atoms with E-state index in [4.69, 9.17) is 9.47 Å². The third-order valence-corrected chi connectivity index (χ3v) is 3.39. The lowest BCUT2D eigenvalue weighted by atomic mass is 9.99. The van der Waals surface area contributed by atoms with E-state index in [-0.39, 0.29) is 12.5 Å². The van der Waals surface area contributed by atoms with Gasteiger partial charge < -0.3 is 14.8 Å². The second kappa shape index (κ2) is 8.81. The fourth-order valence-corrected chi connectivity index (χ4v) is 1.86. The van der Waals surface area contributed by atoms with Crippen molar-refractivity contribution in [1.82, 2.24) is 5.32 Å². The molecule has 0 radical (unpaired) electrons. The first-order valence-electron chi connectivity index (χ1n) is 7.07. The van der Waals surface area contributed by atoms with Crippen LogP contribution in [0.4, 0.5) is 0 Å². The maximum absolute atomic E-state index is 11.9. The quantitative estimate of drug-likeness (QED) is 0.582. The van der Waals surface area contributed by atoms with Crippen LogP contribution in [0, 0.1) is 5.92 Å². The number of esters is 1. The zero-order chi connectivity index (χ0) is 16.5. The van der Waals surface area contributed by atoms with Crippen LogP contribution in [-0.4, -0.2) is 37.9 Å². The molecule has 1 amide bonds. The molecular formula is C16H21NO5. The molecule has 22 heavy (non-hydrogen) atoms. The molecule has 120 valence electrons. The number of ether oxygens (including phenoxy) is 2. The number of para-hydroxylation sites is 1. The summed E-state index contributed by atoms with van der Waals surface area (Å²) in [4.78, 5) is 34.5. The van der Waals surface area contributed by atoms with Crippen molar-refractivity contribution < 1.29 is 23.9 Å². The van der Waals surface area contributed by atoms with Crippen LogP contribution in [0.15, 0.2) is 24.3 Å². The molecule has 6 nitrogen and oxygen atoms in total. The molecule has 0 saturated carbocycles. The summed E-state index contributed by atoms with van der Waals surface area (Å²) >= 11 is 0. The molecule has 1 N–H and O–H groups in total. The lowest BCUT2D eigenvalue weighted by molar-refractivity contribution is -0.146. The number of methoxy groups -OCH3 is 1. The van der Waals surface area contributed by atoms with Gasteiger partial charge >= 0.3 is 5.97 Å². The van der Waals surface area contributed by atoms with Gasteiger partial charge in [0.1, 0.15) is 11.8 Å². The first-order chi connectivity index (χ1) is 10.5. The van der Waals surface area contributed by atoms with Gasteiger partial charge in [0.2, 0.25) is 0 Å². The van der Waals surface area contributed by atoms with Crippen molar-refractivity contribution in [3.63, 3.8) is 0 Å². The Balaban J connectivity index is 2.64. The number of carbonyl (C=O) groups excluding carboxylic acids is 3. The standard InChI is InChI=1S/C16H21NO5/c1-4-11(2)15(16(20)21-3)17-14(19)10-22-13-8-6-5-7-12(13)9-18/h5-9,11,15H,4,10H2,1-3H3,(H,17,19)/t11-,15-/m1/s1. The monoisotopic (exact) mass is 307 g/mol. The van der Waals surface area contributed by atoms with Crippen LogP contribution in [0.25, 0.3) is 0 Å². The summed E-state index contributed by atoms with van der Waals surface area (Å²) in [5.41, 5.74) is 0.363. The van der Waals surface area contributed by atoms with E-state index in [0.717, 1.165) is 6.42 Å². The first-order valence-corrected chi connectivity index (χ1v) is 7.07. The van der Waals surface area contributed by atoms with Crippen LogP contribution in [0.2, 0.25) is 0 Å². The highest BCUT2D eigenvalue weighted by Crippen LogP contribution is 2.15. The highest BCUT2D eigenvalue weighted by Gasteiger charge is 2.26. The molecule has 0 saturated heterocycles. The second-order valence-corrected chi connectivity index (χ2v) is 4.90. The van der Waals surface area contributed by atoms with Crippen LogP contribution in [0.5, 0.6) is 5.75 Å². The Kier molecular flexibility index (Phi) is 7.08. The Hall–Kier alpha value is -2.37. The predicted octanol–water partition coefficient (Wildman–Crippen LogP) is 1.58. The number of hydrogen-bond acceptors (Lipinski definition) is 5. The topological polar surface area (TPSA) is 81.7 Å². The number of carbonyl (C=O) groups is 3. The van der Waals surface area contributed by atoms with Gasteiger partial charge in [-0.2, -0.15) is 0 Å². The molecule has 0 aliphatic heterocycles. The van der Waals surface area contributed by atoms with Gasteiger partial charge in [-0.3, -0.25) is 9.59 Å². The number of nitrogens with one attached hydrogen (secondary N) is 1. The molecule has 0 bridgehead atoms. The van der Waals surface area contributed by atoms with Gasteiger partial charge in [0.05, 0.1) is 12.7 Å². The highest BCUT2D eigenvalue weighted by molar-refractivity contribution is 5.85. The Morgan fingerprint density at radius 1 is 1.32 bits per heavy atom. The first kappa shape index (κ1) is 17.7. The average Bonchev–Trinajstić information content (AvgIpc) is 2.56. The SMILES string of the molecule is CC[C@@H](C)[C@@H](NC(=O)COc1ccccc1C=O)C(=O)OC. The zero-order valence-electron chi connectivity index (χ0n) is 13.0. The number of amides is 1. The molecule has 2 atom stereocenters. The van der Waals surface area contributed by atoms with E-state index in [2.05, 4.69) is 5.32 Å². The molecule has 1 aromatic carbocycles. The van der Waals surface area contributed by atoms with E-state index in [1.165, 1.54) is 7.11 Å². The van der Waals surface area contributed by atoms with Gasteiger partial charge in [-0.1, -0.05) is 32.4 Å². The number of benzene rings is 1. The number of hydrogen-bond donors (Lipinski definition) is 1. The van der Waals surface area contributed by atoms with Crippen molar-refractivity contribution in [2.75, 3.05) is 13.7 Å². The predicted molar refractivity (Wildman–Crippen MR) is 80.7 cm³/mol. The van der Waals surface area contributed by atoms with E-state index in [1.807, 2.05) is 13.8 Å². The molecule has 0 aliphatic rings. The fraction of sp³-hybridized carbons (Fsp3) is 0.438. The van der Waals surface area contributed by atoms with Crippen molar-refractivity contribution in [3.8, 4) is 5.75 Å². The second-order valence-electron chi connectivity index (χ2n) is 4.90. The molecule has 0 spiro atoms. The van der Waals surface area contributed by atoms with Crippen LogP contribution >= 0.6 is 0 Å². The molecule has 0 unspecified atom stereocenters. The summed E-state index contributed by atoms with van der Waals surface area (Å²) in [6.45, 7) is 3.49. The van der Waals surface area contributed by atoms with Crippen molar-refractivity contribution in [2.24, 2.45) is 5.92 Å². The van der Waals surface area contributed by atoms with E-state index >= 15 is 0 Å². The minimum absolute atomic E-state index is 0.0568. The van der Waals surface area contributed by atoms with Gasteiger partial charge in [0.15, 0.2) is 12.9 Å². The molecule has 1 rings (SSSR count). The van der Waals surface area contributed by atoms with E-state index in [0.29, 0.717) is 17.6 Å². The largest absolute Gasteiger partial charge is 0.483 e. The summed E-state index contributed by atoms with van der Waals surface area (Å²) < 4.78 is 10.0. The van der Waals surface area contributed by atoms with Crippen LogP contribution < -0.4 is 10.1 Å². The summed E-state index contributed by atoms with van der Waals surface area (Å²) in [7, 11) is 1.28. The number of rotatable bonds is 8. The third kappa shape index (κ3) is 4.87. The van der Waals surface area contributed by atoms with Gasteiger partial charge in [-0.15, -0.1) is 0 Å². The van der Waals surface area contributed by atoms with Crippen LogP contribution in [0.1, 0.15) is 30.6 Å². The van der Waals surface area contributed by atoms with Crippen LogP contribution in [0.3, 0.4) is 0 Å². The molecule has 1 aromatic rings. The summed E-state index contributed by atoms with van der Waals surface area (Å²) in [5, 5.41) is 2.60. The molecule has 0 aromatic heterocycles. The highest BCUT2D eigenvalue weighted by atomic mass is 16.5. The Morgan fingerprint density at radius 3 is 2.59 bits per heavy atom. The normalized spacial score (nSPS) is 12.9. The van der Waals surface area contributed by atoms with Crippen molar-refractivity contribution in [3.05, 3.63) is 29.8 Å². The van der Waals surface area contributed by atoms with Crippen molar-refractivity contribution in [1.29, 1.82) is 0 Å². The lowest BCUT2D eigenvalue weighted by Crippen LogP contribution is -2.47. The summed E-state index contributed by atoms with van der Waals surface area (Å²) in [6.07, 6.45) is 1.37. The molecule has 6 heteroatoms. The zero-order valence-corrected chi connectivity index (χ0v) is 13.0. The molecular weight excluding hydrogens is 286 g/mol. The van der Waals surface area contributed by atoms with Crippen LogP contribution in [-0.2, 0) is 14.3 Å². The summed E-state index contributed by atoms with van der Waals surface area (Å²) in [5.74, 6) is -0.670. The smallest absolute Gasteiger partial charge is 0.328 e. The average molecular weight is 307 g/mol. The van der Waals surface area contributed by atoms with E-state index in [1.54, 1.807) is 24.3 Å². The minimum atomic E-state index is -0.715. The fourth-order valence-electron chi connectivity index (χ4n) is 1.86. The van der Waals surface area contributed by atoms with Gasteiger partial charge in [-0.05, 0) is 18.1 Å². The Bertz CT molecular complexity index is 529. The van der Waals surface area contributed by atoms with E-state index < -0.39 is 17.9 Å². The maximum atomic E-state index is 11.9. The summed E-state index contributed by atoms with van der Waals surface area (Å²) in [6, 6.07) is 5.89. The molecule has 0 fully saturated rings. The van der Waals surface area contributed by atoms with Gasteiger partial charge in [0.25, 0.3) is 5.91 Å². The van der Waals surface area contributed by atoms with Crippen molar-refractivity contribution >= 4 is 18.2 Å². The Morgan fingerprint density at radius 2 is 2.00 bits per heavy atom. The molecule has 0 aliphatic carbocycles. The Labute approximate surface area is 129 Å². The molecule has 0 heterocycles. The van der Waals surface area contributed by atoms with Gasteiger partial charge in [-0.25, -0.2) is 4.79 Å².